The van der Waals surface area contributed by atoms with E-state index in [1.807, 2.05) is 72.8 Å². The van der Waals surface area contributed by atoms with Crippen molar-refractivity contribution in [2.45, 2.75) is 0 Å². The highest BCUT2D eigenvalue weighted by molar-refractivity contribution is 6.12. The first-order valence-electron chi connectivity index (χ1n) is 9.24. The number of hydrogen-bond acceptors (Lipinski definition) is 4. The van der Waals surface area contributed by atoms with Gasteiger partial charge in [-0.2, -0.15) is 0 Å². The van der Waals surface area contributed by atoms with Gasteiger partial charge in [0, 0.05) is 5.56 Å². The van der Waals surface area contributed by atoms with E-state index in [4.69, 9.17) is 16.2 Å². The van der Waals surface area contributed by atoms with Crippen molar-refractivity contribution in [2.24, 2.45) is 0 Å². The van der Waals surface area contributed by atoms with E-state index in [0.717, 1.165) is 11.1 Å². The van der Waals surface area contributed by atoms with Crippen LogP contribution >= 0.6 is 0 Å². The molecule has 4 N–H and O–H groups in total. The number of benzene rings is 4. The van der Waals surface area contributed by atoms with Gasteiger partial charge in [-0.1, -0.05) is 72.8 Å². The maximum absolute atomic E-state index is 13.0. The molecular formula is C25H20N2O2. The third kappa shape index (κ3) is 3.82. The van der Waals surface area contributed by atoms with Crippen molar-refractivity contribution < 1.29 is 9.53 Å². The molecule has 0 fully saturated rings. The Morgan fingerprint density at radius 2 is 1.24 bits per heavy atom. The van der Waals surface area contributed by atoms with Gasteiger partial charge in [-0.3, -0.25) is 4.79 Å². The molecule has 4 aromatic carbocycles. The third-order valence-corrected chi connectivity index (χ3v) is 4.69. The molecule has 0 unspecified atom stereocenters. The zero-order valence-electron chi connectivity index (χ0n) is 15.7. The molecular weight excluding hydrogens is 360 g/mol. The Morgan fingerprint density at radius 3 is 1.90 bits per heavy atom. The van der Waals surface area contributed by atoms with Crippen LogP contribution in [0.15, 0.2) is 97.1 Å². The summed E-state index contributed by atoms with van der Waals surface area (Å²) in [6.07, 6.45) is 0. The van der Waals surface area contributed by atoms with Crippen LogP contribution in [0.3, 0.4) is 0 Å². The minimum Gasteiger partial charge on any atom is -0.454 e. The average molecular weight is 380 g/mol. The smallest absolute Gasteiger partial charge is 0.196 e. The number of nitrogen functional groups attached to an aromatic ring is 2. The largest absolute Gasteiger partial charge is 0.454 e. The van der Waals surface area contributed by atoms with Crippen LogP contribution < -0.4 is 16.2 Å². The van der Waals surface area contributed by atoms with Gasteiger partial charge < -0.3 is 16.2 Å². The second kappa shape index (κ2) is 7.90. The second-order valence-electron chi connectivity index (χ2n) is 6.63. The van der Waals surface area contributed by atoms with Crippen LogP contribution in [-0.4, -0.2) is 5.78 Å². The summed E-state index contributed by atoms with van der Waals surface area (Å²) in [5.41, 5.74) is 15.9. The van der Waals surface area contributed by atoms with Crippen LogP contribution in [0.5, 0.6) is 11.5 Å². The monoisotopic (exact) mass is 380 g/mol. The summed E-state index contributed by atoms with van der Waals surface area (Å²) in [6, 6.07) is 30.0. The summed E-state index contributed by atoms with van der Waals surface area (Å²) >= 11 is 0. The maximum atomic E-state index is 13.0. The molecule has 0 atom stereocenters. The van der Waals surface area contributed by atoms with Crippen LogP contribution in [0.25, 0.3) is 11.1 Å². The number of rotatable bonds is 5. The Kier molecular flexibility index (Phi) is 4.99. The fourth-order valence-electron chi connectivity index (χ4n) is 3.11. The van der Waals surface area contributed by atoms with Gasteiger partial charge in [-0.05, 0) is 35.4 Å². The molecule has 29 heavy (non-hydrogen) atoms. The van der Waals surface area contributed by atoms with Crippen molar-refractivity contribution in [1.29, 1.82) is 0 Å². The second-order valence-corrected chi connectivity index (χ2v) is 6.63. The minimum atomic E-state index is -0.173. The van der Waals surface area contributed by atoms with Gasteiger partial charge in [0.25, 0.3) is 0 Å². The lowest BCUT2D eigenvalue weighted by molar-refractivity contribution is 0.103. The molecule has 0 spiro atoms. The Morgan fingerprint density at radius 1 is 0.655 bits per heavy atom. The summed E-state index contributed by atoms with van der Waals surface area (Å²) in [5.74, 6) is 0.670. The first-order valence-corrected chi connectivity index (χ1v) is 9.24. The van der Waals surface area contributed by atoms with Gasteiger partial charge in [0.05, 0.1) is 16.9 Å². The Hall–Kier alpha value is -4.05. The van der Waals surface area contributed by atoms with Gasteiger partial charge in [0.2, 0.25) is 0 Å². The number of carbonyl (C=O) groups is 1. The molecule has 0 radical (unpaired) electrons. The molecule has 0 aliphatic rings. The van der Waals surface area contributed by atoms with Crippen LogP contribution in [0.1, 0.15) is 15.9 Å². The van der Waals surface area contributed by atoms with Crippen molar-refractivity contribution in [3.05, 3.63) is 108 Å². The van der Waals surface area contributed by atoms with E-state index in [2.05, 4.69) is 0 Å². The van der Waals surface area contributed by atoms with Crippen molar-refractivity contribution in [1.82, 2.24) is 0 Å². The minimum absolute atomic E-state index is 0.173. The molecule has 4 heteroatoms. The highest BCUT2D eigenvalue weighted by Gasteiger charge is 2.19. The van der Waals surface area contributed by atoms with E-state index in [9.17, 15) is 4.79 Å². The predicted molar refractivity (Wildman–Crippen MR) is 117 cm³/mol. The van der Waals surface area contributed by atoms with Crippen LogP contribution in [0, 0.1) is 0 Å². The molecule has 142 valence electrons. The van der Waals surface area contributed by atoms with Crippen LogP contribution in [-0.2, 0) is 0 Å². The van der Waals surface area contributed by atoms with Crippen molar-refractivity contribution in [2.75, 3.05) is 11.5 Å². The molecule has 0 aromatic heterocycles. The molecule has 0 saturated heterocycles. The summed E-state index contributed by atoms with van der Waals surface area (Å²) in [6.45, 7) is 0. The van der Waals surface area contributed by atoms with Crippen molar-refractivity contribution in [3.63, 3.8) is 0 Å². The standard InChI is InChI=1S/C25H20N2O2/c26-22-16-15-21(24(28)19-9-5-2-6-10-19)25(23(22)27)29-20-13-11-18(12-14-20)17-7-3-1-4-8-17/h1-16H,26-27H2. The van der Waals surface area contributed by atoms with E-state index in [0.29, 0.717) is 22.6 Å². The van der Waals surface area contributed by atoms with Gasteiger partial charge in [-0.15, -0.1) is 0 Å². The quantitative estimate of drug-likeness (QED) is 0.352. The van der Waals surface area contributed by atoms with Crippen molar-refractivity contribution in [3.8, 4) is 22.6 Å². The summed E-state index contributed by atoms with van der Waals surface area (Å²) in [4.78, 5) is 13.0. The average Bonchev–Trinajstić information content (AvgIpc) is 2.78. The molecule has 0 aliphatic heterocycles. The number of ether oxygens (including phenoxy) is 1. The van der Waals surface area contributed by atoms with Gasteiger partial charge in [0.1, 0.15) is 5.75 Å². The maximum Gasteiger partial charge on any atom is 0.196 e. The summed E-state index contributed by atoms with van der Waals surface area (Å²) in [5, 5.41) is 0. The van der Waals surface area contributed by atoms with Gasteiger partial charge in [0.15, 0.2) is 11.5 Å². The number of nitrogens with two attached hydrogens (primary N) is 2. The first kappa shape index (κ1) is 18.3. The fourth-order valence-corrected chi connectivity index (χ4v) is 3.11. The van der Waals surface area contributed by atoms with Crippen LogP contribution in [0.2, 0.25) is 0 Å². The Balaban J connectivity index is 1.68. The lowest BCUT2D eigenvalue weighted by atomic mass is 10.0. The molecule has 0 heterocycles. The fraction of sp³-hybridized carbons (Fsp3) is 0. The molecule has 0 amide bonds. The normalized spacial score (nSPS) is 10.5. The molecule has 4 nitrogen and oxygen atoms in total. The Labute approximate surface area is 169 Å². The molecule has 0 saturated carbocycles. The third-order valence-electron chi connectivity index (χ3n) is 4.69. The van der Waals surface area contributed by atoms with E-state index in [1.54, 1.807) is 24.3 Å². The van der Waals surface area contributed by atoms with E-state index < -0.39 is 0 Å². The number of hydrogen-bond donors (Lipinski definition) is 2. The van der Waals surface area contributed by atoms with E-state index >= 15 is 0 Å². The highest BCUT2D eigenvalue weighted by atomic mass is 16.5. The summed E-state index contributed by atoms with van der Waals surface area (Å²) in [7, 11) is 0. The summed E-state index contributed by atoms with van der Waals surface area (Å²) < 4.78 is 6.03. The number of anilines is 2. The van der Waals surface area contributed by atoms with Crippen LogP contribution in [0.4, 0.5) is 11.4 Å². The molecule has 4 aromatic rings. The van der Waals surface area contributed by atoms with Crippen molar-refractivity contribution >= 4 is 17.2 Å². The predicted octanol–water partition coefficient (Wildman–Crippen LogP) is 5.54. The SMILES string of the molecule is Nc1ccc(C(=O)c2ccccc2)c(Oc2ccc(-c3ccccc3)cc2)c1N. The molecule has 0 aliphatic carbocycles. The number of carbonyl (C=O) groups excluding carboxylic acids is 1. The first-order chi connectivity index (χ1) is 14.1. The zero-order chi connectivity index (χ0) is 20.2. The molecule has 0 bridgehead atoms. The lowest BCUT2D eigenvalue weighted by Crippen LogP contribution is -2.07. The Bertz CT molecular complexity index is 1140. The topological polar surface area (TPSA) is 78.3 Å². The van der Waals surface area contributed by atoms with Gasteiger partial charge >= 0.3 is 0 Å². The molecule has 4 rings (SSSR count). The highest BCUT2D eigenvalue weighted by Crippen LogP contribution is 2.37. The van der Waals surface area contributed by atoms with E-state index in [1.165, 1.54) is 0 Å². The van der Waals surface area contributed by atoms with E-state index in [-0.39, 0.29) is 17.2 Å². The lowest BCUT2D eigenvalue weighted by Gasteiger charge is -2.15. The number of ketones is 1. The van der Waals surface area contributed by atoms with Gasteiger partial charge in [-0.25, -0.2) is 0 Å². The zero-order valence-corrected chi connectivity index (χ0v) is 15.7.